The summed E-state index contributed by atoms with van der Waals surface area (Å²) in [6.45, 7) is 2.24. The van der Waals surface area contributed by atoms with E-state index >= 15 is 0 Å². The zero-order valence-corrected chi connectivity index (χ0v) is 18.6. The Morgan fingerprint density at radius 3 is 2.61 bits per heavy atom. The van der Waals surface area contributed by atoms with Gasteiger partial charge < -0.3 is 19.9 Å². The molecule has 4 rings (SSSR count). The lowest BCUT2D eigenvalue weighted by Gasteiger charge is -2.37. The highest BCUT2D eigenvalue weighted by Crippen LogP contribution is 2.39. The fourth-order valence-electron chi connectivity index (χ4n) is 4.03. The molecule has 0 amide bonds. The number of hydrogen-bond acceptors (Lipinski definition) is 5. The van der Waals surface area contributed by atoms with Crippen molar-refractivity contribution in [3.05, 3.63) is 45.8 Å². The quantitative estimate of drug-likeness (QED) is 0.525. The predicted molar refractivity (Wildman–Crippen MR) is 119 cm³/mol. The summed E-state index contributed by atoms with van der Waals surface area (Å²) in [5, 5.41) is 4.43. The first-order valence-electron chi connectivity index (χ1n) is 9.99. The van der Waals surface area contributed by atoms with Crippen molar-refractivity contribution in [2.45, 2.75) is 25.4 Å². The average Bonchev–Trinajstić information content (AvgIpc) is 3.33. The van der Waals surface area contributed by atoms with Crippen LogP contribution in [0.1, 0.15) is 32.8 Å². The lowest BCUT2D eigenvalue weighted by Crippen LogP contribution is -2.50. The summed E-state index contributed by atoms with van der Waals surface area (Å²) < 4.78 is 44.0. The molecule has 0 bridgehead atoms. The highest BCUT2D eigenvalue weighted by molar-refractivity contribution is 7.80. The number of piperazine rings is 1. The van der Waals surface area contributed by atoms with E-state index in [4.69, 9.17) is 17.0 Å². The number of thiophene rings is 1. The maximum Gasteiger partial charge on any atom is 0.416 e. The average molecular weight is 470 g/mol. The maximum absolute atomic E-state index is 13.0. The molecule has 1 aromatic heterocycles. The lowest BCUT2D eigenvalue weighted by atomic mass is 10.1. The van der Waals surface area contributed by atoms with Crippen molar-refractivity contribution < 1.29 is 22.7 Å². The Morgan fingerprint density at radius 2 is 1.94 bits per heavy atom. The molecule has 10 heteroatoms. The SMILES string of the molecule is COC(=O)c1c(NC(=S)N2CCN(c3cccc(C(F)(F)F)c3)CC2)sc2c1CCC2. The number of methoxy groups -OCH3 is 1. The van der Waals surface area contributed by atoms with Gasteiger partial charge in [-0.25, -0.2) is 4.79 Å². The van der Waals surface area contributed by atoms with Crippen LogP contribution in [0.5, 0.6) is 0 Å². The highest BCUT2D eigenvalue weighted by Gasteiger charge is 2.32. The predicted octanol–water partition coefficient (Wildman–Crippen LogP) is 4.56. The van der Waals surface area contributed by atoms with Crippen LogP contribution in [0.15, 0.2) is 24.3 Å². The number of rotatable bonds is 3. The number of hydrogen-bond donors (Lipinski definition) is 1. The maximum atomic E-state index is 13.0. The Labute approximate surface area is 187 Å². The number of carbonyl (C=O) groups is 1. The molecule has 166 valence electrons. The van der Waals surface area contributed by atoms with E-state index in [1.54, 1.807) is 17.4 Å². The largest absolute Gasteiger partial charge is 0.465 e. The van der Waals surface area contributed by atoms with Crippen molar-refractivity contribution >= 4 is 45.3 Å². The second-order valence-corrected chi connectivity index (χ2v) is 9.00. The number of esters is 1. The molecule has 0 radical (unpaired) electrons. The summed E-state index contributed by atoms with van der Waals surface area (Å²) in [7, 11) is 1.37. The number of alkyl halides is 3. The molecule has 5 nitrogen and oxygen atoms in total. The van der Waals surface area contributed by atoms with Gasteiger partial charge in [-0.2, -0.15) is 13.2 Å². The molecule has 1 aliphatic carbocycles. The Kier molecular flexibility index (Phi) is 6.11. The van der Waals surface area contributed by atoms with Gasteiger partial charge in [0, 0.05) is 36.7 Å². The summed E-state index contributed by atoms with van der Waals surface area (Å²) in [5.74, 6) is -0.362. The molecule has 31 heavy (non-hydrogen) atoms. The van der Waals surface area contributed by atoms with Gasteiger partial charge in [-0.1, -0.05) is 6.07 Å². The van der Waals surface area contributed by atoms with Gasteiger partial charge in [0.1, 0.15) is 5.00 Å². The van der Waals surface area contributed by atoms with Crippen molar-refractivity contribution in [2.75, 3.05) is 43.5 Å². The number of thiocarbonyl (C=S) groups is 1. The third-order valence-corrected chi connectivity index (χ3v) is 7.20. The summed E-state index contributed by atoms with van der Waals surface area (Å²) in [5.41, 5.74) is 1.53. The Balaban J connectivity index is 1.41. The molecular weight excluding hydrogens is 447 g/mol. The first-order chi connectivity index (χ1) is 14.8. The van der Waals surface area contributed by atoms with Crippen LogP contribution in [0, 0.1) is 0 Å². The topological polar surface area (TPSA) is 44.8 Å². The summed E-state index contributed by atoms with van der Waals surface area (Å²) >= 11 is 7.12. The molecule has 2 aliphatic rings. The third-order valence-electron chi connectivity index (χ3n) is 5.64. The van der Waals surface area contributed by atoms with Crippen LogP contribution in [-0.4, -0.2) is 49.3 Å². The molecule has 1 saturated heterocycles. The van der Waals surface area contributed by atoms with Crippen LogP contribution >= 0.6 is 23.6 Å². The van der Waals surface area contributed by atoms with Gasteiger partial charge in [0.25, 0.3) is 0 Å². The molecule has 1 aromatic carbocycles. The smallest absolute Gasteiger partial charge is 0.416 e. The fraction of sp³-hybridized carbons (Fsp3) is 0.429. The molecule has 1 aliphatic heterocycles. The number of ether oxygens (including phenoxy) is 1. The molecular formula is C21H22F3N3O2S2. The van der Waals surface area contributed by atoms with E-state index in [1.807, 2.05) is 9.80 Å². The fourth-order valence-corrected chi connectivity index (χ4v) is 5.66. The van der Waals surface area contributed by atoms with E-state index in [-0.39, 0.29) is 5.97 Å². The number of fused-ring (bicyclic) bond motifs is 1. The summed E-state index contributed by atoms with van der Waals surface area (Å²) in [6, 6.07) is 5.39. The van der Waals surface area contributed by atoms with E-state index in [0.29, 0.717) is 47.5 Å². The molecule has 2 aromatic rings. The number of nitrogens with one attached hydrogen (secondary N) is 1. The second kappa shape index (κ2) is 8.66. The first kappa shape index (κ1) is 21.9. The third kappa shape index (κ3) is 4.50. The van der Waals surface area contributed by atoms with Crippen molar-refractivity contribution in [3.8, 4) is 0 Å². The number of carbonyl (C=O) groups excluding carboxylic acids is 1. The van der Waals surface area contributed by atoms with Crippen LogP contribution in [0.3, 0.4) is 0 Å². The van der Waals surface area contributed by atoms with Gasteiger partial charge in [0.15, 0.2) is 5.11 Å². The second-order valence-electron chi connectivity index (χ2n) is 7.51. The normalized spacial score (nSPS) is 16.3. The van der Waals surface area contributed by atoms with E-state index < -0.39 is 11.7 Å². The van der Waals surface area contributed by atoms with Crippen LogP contribution in [0.2, 0.25) is 0 Å². The van der Waals surface area contributed by atoms with Gasteiger partial charge in [-0.3, -0.25) is 0 Å². The highest BCUT2D eigenvalue weighted by atomic mass is 32.1. The van der Waals surface area contributed by atoms with Crippen molar-refractivity contribution in [2.24, 2.45) is 0 Å². The number of benzene rings is 1. The standard InChI is InChI=1S/C21H22F3N3O2S2/c1-29-19(28)17-15-6-3-7-16(15)31-18(17)25-20(30)27-10-8-26(9-11-27)14-5-2-4-13(12-14)21(22,23)24/h2,4-5,12H,3,6-11H2,1H3,(H,25,30). The first-order valence-corrected chi connectivity index (χ1v) is 11.2. The molecule has 0 atom stereocenters. The van der Waals surface area contributed by atoms with Gasteiger partial charge in [-0.05, 0) is 55.2 Å². The van der Waals surface area contributed by atoms with Gasteiger partial charge in [0.2, 0.25) is 0 Å². The summed E-state index contributed by atoms with van der Waals surface area (Å²) in [6.07, 6.45) is -1.51. The van der Waals surface area contributed by atoms with E-state index in [1.165, 1.54) is 24.1 Å². The van der Waals surface area contributed by atoms with Crippen LogP contribution in [0.25, 0.3) is 0 Å². The minimum atomic E-state index is -4.36. The molecule has 0 saturated carbocycles. The minimum Gasteiger partial charge on any atom is -0.465 e. The van der Waals surface area contributed by atoms with Crippen molar-refractivity contribution in [1.82, 2.24) is 4.90 Å². The molecule has 0 unspecified atom stereocenters. The van der Waals surface area contributed by atoms with Gasteiger partial charge in [0.05, 0.1) is 18.2 Å². The monoisotopic (exact) mass is 469 g/mol. The number of halogens is 3. The molecule has 1 N–H and O–H groups in total. The van der Waals surface area contributed by atoms with E-state index in [2.05, 4.69) is 5.32 Å². The zero-order chi connectivity index (χ0) is 22.2. The Morgan fingerprint density at radius 1 is 1.19 bits per heavy atom. The minimum absolute atomic E-state index is 0.362. The van der Waals surface area contributed by atoms with Gasteiger partial charge >= 0.3 is 12.1 Å². The van der Waals surface area contributed by atoms with Crippen molar-refractivity contribution in [3.63, 3.8) is 0 Å². The number of anilines is 2. The molecule has 1 fully saturated rings. The van der Waals surface area contributed by atoms with Crippen LogP contribution in [0.4, 0.5) is 23.9 Å². The van der Waals surface area contributed by atoms with Gasteiger partial charge in [-0.15, -0.1) is 11.3 Å². The summed E-state index contributed by atoms with van der Waals surface area (Å²) in [4.78, 5) is 17.4. The molecule has 0 spiro atoms. The van der Waals surface area contributed by atoms with E-state index in [0.717, 1.165) is 30.9 Å². The van der Waals surface area contributed by atoms with Crippen LogP contribution in [-0.2, 0) is 23.8 Å². The van der Waals surface area contributed by atoms with E-state index in [9.17, 15) is 18.0 Å². The zero-order valence-electron chi connectivity index (χ0n) is 16.9. The number of aryl methyl sites for hydroxylation is 1. The lowest BCUT2D eigenvalue weighted by molar-refractivity contribution is -0.137. The van der Waals surface area contributed by atoms with Crippen LogP contribution < -0.4 is 10.2 Å². The Bertz CT molecular complexity index is 998. The van der Waals surface area contributed by atoms with Crippen molar-refractivity contribution in [1.29, 1.82) is 0 Å². The number of nitrogens with zero attached hydrogens (tertiary/aromatic N) is 2. The Hall–Kier alpha value is -2.33. The molecule has 2 heterocycles.